The van der Waals surface area contributed by atoms with Gasteiger partial charge in [-0.2, -0.15) is 0 Å². The molecule has 126 valence electrons. The van der Waals surface area contributed by atoms with Crippen LogP contribution in [0.3, 0.4) is 0 Å². The van der Waals surface area contributed by atoms with Crippen LogP contribution in [-0.2, 0) is 4.79 Å². The Kier molecular flexibility index (Phi) is 5.58. The summed E-state index contributed by atoms with van der Waals surface area (Å²) in [6.45, 7) is 7.45. The van der Waals surface area contributed by atoms with E-state index in [0.29, 0.717) is 17.3 Å². The number of nitrogens with zero attached hydrogens (tertiary/aromatic N) is 2. The Hall–Kier alpha value is -2.11. The number of hydrogen-bond donors (Lipinski definition) is 2. The van der Waals surface area contributed by atoms with Crippen LogP contribution < -0.4 is 5.32 Å². The summed E-state index contributed by atoms with van der Waals surface area (Å²) in [4.78, 5) is 29.7. The molecule has 0 aromatic carbocycles. The summed E-state index contributed by atoms with van der Waals surface area (Å²) in [6, 6.07) is 2.67. The van der Waals surface area contributed by atoms with Crippen LogP contribution in [0, 0.1) is 11.8 Å². The van der Waals surface area contributed by atoms with Gasteiger partial charge in [0.2, 0.25) is 0 Å². The molecule has 1 amide bonds. The van der Waals surface area contributed by atoms with E-state index in [0.717, 1.165) is 25.9 Å². The van der Waals surface area contributed by atoms with E-state index in [2.05, 4.69) is 17.2 Å². The first-order chi connectivity index (χ1) is 10.9. The first-order valence-electron chi connectivity index (χ1n) is 8.13. The number of aromatic nitrogens is 1. The van der Waals surface area contributed by atoms with Gasteiger partial charge < -0.3 is 15.3 Å². The van der Waals surface area contributed by atoms with Gasteiger partial charge in [0.1, 0.15) is 11.9 Å². The van der Waals surface area contributed by atoms with Crippen molar-refractivity contribution < 1.29 is 14.7 Å². The van der Waals surface area contributed by atoms with Crippen molar-refractivity contribution in [1.29, 1.82) is 0 Å². The molecule has 1 fully saturated rings. The molecule has 0 bridgehead atoms. The summed E-state index contributed by atoms with van der Waals surface area (Å²) in [5.41, 5.74) is 0.543. The second kappa shape index (κ2) is 7.44. The summed E-state index contributed by atoms with van der Waals surface area (Å²) in [6.07, 6.45) is 3.59. The Bertz CT molecular complexity index is 549. The molecule has 0 aliphatic carbocycles. The molecule has 1 atom stereocenters. The van der Waals surface area contributed by atoms with Crippen molar-refractivity contribution in [1.82, 2.24) is 9.88 Å². The topological polar surface area (TPSA) is 82.5 Å². The molecule has 1 aliphatic rings. The number of carboxylic acid groups (broad SMARTS) is 1. The fraction of sp³-hybridized carbons (Fsp3) is 0.588. The van der Waals surface area contributed by atoms with Gasteiger partial charge in [0.15, 0.2) is 0 Å². The lowest BCUT2D eigenvalue weighted by Gasteiger charge is -2.30. The molecule has 1 aliphatic heterocycles. The Morgan fingerprint density at radius 1 is 1.30 bits per heavy atom. The van der Waals surface area contributed by atoms with Gasteiger partial charge in [-0.15, -0.1) is 0 Å². The third-order valence-electron chi connectivity index (χ3n) is 4.32. The minimum atomic E-state index is -0.913. The first kappa shape index (κ1) is 17.2. The minimum absolute atomic E-state index is 0.00501. The van der Waals surface area contributed by atoms with Crippen LogP contribution in [0.2, 0.25) is 0 Å². The van der Waals surface area contributed by atoms with E-state index >= 15 is 0 Å². The van der Waals surface area contributed by atoms with Crippen molar-refractivity contribution in [3.8, 4) is 0 Å². The summed E-state index contributed by atoms with van der Waals surface area (Å²) in [7, 11) is 0. The van der Waals surface area contributed by atoms with Gasteiger partial charge in [0.05, 0.1) is 5.56 Å². The molecule has 1 aromatic rings. The zero-order valence-electron chi connectivity index (χ0n) is 14.0. The Morgan fingerprint density at radius 3 is 2.43 bits per heavy atom. The maximum absolute atomic E-state index is 12.4. The second-order valence-corrected chi connectivity index (χ2v) is 6.61. The monoisotopic (exact) mass is 319 g/mol. The Labute approximate surface area is 136 Å². The average molecular weight is 319 g/mol. The summed E-state index contributed by atoms with van der Waals surface area (Å²) < 4.78 is 0. The van der Waals surface area contributed by atoms with Crippen molar-refractivity contribution in [2.45, 2.75) is 39.7 Å². The number of rotatable bonds is 5. The minimum Gasteiger partial charge on any atom is -0.480 e. The van der Waals surface area contributed by atoms with E-state index in [1.165, 1.54) is 6.20 Å². The number of aliphatic carboxylic acids is 1. The first-order valence-corrected chi connectivity index (χ1v) is 8.13. The highest BCUT2D eigenvalue weighted by Crippen LogP contribution is 2.18. The SMILES string of the molecule is CC1CCN(C(=O)c2ccc(N[C@@H](C(=O)O)C(C)C)nc2)CC1. The predicted octanol–water partition coefficient (Wildman–Crippen LogP) is 2.47. The quantitative estimate of drug-likeness (QED) is 0.871. The highest BCUT2D eigenvalue weighted by atomic mass is 16.4. The summed E-state index contributed by atoms with van der Waals surface area (Å²) in [5.74, 6) is 0.160. The zero-order chi connectivity index (χ0) is 17.0. The number of carboxylic acids is 1. The van der Waals surface area contributed by atoms with Crippen LogP contribution in [0.15, 0.2) is 18.3 Å². The molecule has 0 radical (unpaired) electrons. The molecule has 1 aromatic heterocycles. The van der Waals surface area contributed by atoms with E-state index in [4.69, 9.17) is 0 Å². The Morgan fingerprint density at radius 2 is 1.96 bits per heavy atom. The standard InChI is InChI=1S/C17H25N3O3/c1-11(2)15(17(22)23)19-14-5-4-13(10-18-14)16(21)20-8-6-12(3)7-9-20/h4-5,10-12,15H,6-9H2,1-3H3,(H,18,19)(H,22,23)/t15-/m1/s1. The van der Waals surface area contributed by atoms with Gasteiger partial charge in [-0.05, 0) is 36.8 Å². The largest absolute Gasteiger partial charge is 0.480 e. The third-order valence-corrected chi connectivity index (χ3v) is 4.32. The predicted molar refractivity (Wildman–Crippen MR) is 88.4 cm³/mol. The number of likely N-dealkylation sites (tertiary alicyclic amines) is 1. The van der Waals surface area contributed by atoms with Crippen molar-refractivity contribution >= 4 is 17.7 Å². The number of hydrogen-bond acceptors (Lipinski definition) is 4. The molecule has 0 unspecified atom stereocenters. The number of nitrogens with one attached hydrogen (secondary N) is 1. The van der Waals surface area contributed by atoms with E-state index in [1.807, 2.05) is 18.7 Å². The van der Waals surface area contributed by atoms with Gasteiger partial charge >= 0.3 is 5.97 Å². The number of piperidine rings is 1. The zero-order valence-corrected chi connectivity index (χ0v) is 14.0. The van der Waals surface area contributed by atoms with Crippen LogP contribution in [0.4, 0.5) is 5.82 Å². The van der Waals surface area contributed by atoms with Gasteiger partial charge in [-0.3, -0.25) is 4.79 Å². The fourth-order valence-corrected chi connectivity index (χ4v) is 2.67. The second-order valence-electron chi connectivity index (χ2n) is 6.61. The molecular weight excluding hydrogens is 294 g/mol. The maximum Gasteiger partial charge on any atom is 0.326 e. The molecule has 2 N–H and O–H groups in total. The molecule has 6 nitrogen and oxygen atoms in total. The average Bonchev–Trinajstić information content (AvgIpc) is 2.52. The smallest absolute Gasteiger partial charge is 0.326 e. The summed E-state index contributed by atoms with van der Waals surface area (Å²) >= 11 is 0. The highest BCUT2D eigenvalue weighted by Gasteiger charge is 2.23. The molecule has 0 saturated carbocycles. The molecule has 2 rings (SSSR count). The molecule has 0 spiro atoms. The molecule has 2 heterocycles. The third kappa shape index (κ3) is 4.43. The number of carbonyl (C=O) groups is 2. The lowest BCUT2D eigenvalue weighted by atomic mass is 9.99. The number of pyridine rings is 1. The van der Waals surface area contributed by atoms with E-state index in [1.54, 1.807) is 12.1 Å². The van der Waals surface area contributed by atoms with Gasteiger partial charge in [0, 0.05) is 19.3 Å². The highest BCUT2D eigenvalue weighted by molar-refractivity contribution is 5.94. The normalized spacial score (nSPS) is 17.1. The Balaban J connectivity index is 2.01. The maximum atomic E-state index is 12.4. The summed E-state index contributed by atoms with van der Waals surface area (Å²) in [5, 5.41) is 12.1. The number of carbonyl (C=O) groups excluding carboxylic acids is 1. The lowest BCUT2D eigenvalue weighted by Crippen LogP contribution is -2.38. The van der Waals surface area contributed by atoms with Crippen LogP contribution >= 0.6 is 0 Å². The lowest BCUT2D eigenvalue weighted by molar-refractivity contribution is -0.138. The van der Waals surface area contributed by atoms with Crippen molar-refractivity contribution in [3.05, 3.63) is 23.9 Å². The van der Waals surface area contributed by atoms with Crippen molar-refractivity contribution in [3.63, 3.8) is 0 Å². The van der Waals surface area contributed by atoms with Crippen LogP contribution in [0.25, 0.3) is 0 Å². The van der Waals surface area contributed by atoms with E-state index in [9.17, 15) is 14.7 Å². The van der Waals surface area contributed by atoms with Crippen molar-refractivity contribution in [2.75, 3.05) is 18.4 Å². The van der Waals surface area contributed by atoms with E-state index in [-0.39, 0.29) is 11.8 Å². The van der Waals surface area contributed by atoms with Gasteiger partial charge in [-0.25, -0.2) is 9.78 Å². The van der Waals surface area contributed by atoms with Gasteiger partial charge in [-0.1, -0.05) is 20.8 Å². The molecule has 6 heteroatoms. The fourth-order valence-electron chi connectivity index (χ4n) is 2.67. The molecule has 1 saturated heterocycles. The van der Waals surface area contributed by atoms with Crippen LogP contribution in [-0.4, -0.2) is 46.0 Å². The number of amides is 1. The molecule has 23 heavy (non-hydrogen) atoms. The van der Waals surface area contributed by atoms with Gasteiger partial charge in [0.25, 0.3) is 5.91 Å². The molecular formula is C17H25N3O3. The van der Waals surface area contributed by atoms with E-state index < -0.39 is 12.0 Å². The van der Waals surface area contributed by atoms with Crippen LogP contribution in [0.5, 0.6) is 0 Å². The van der Waals surface area contributed by atoms with Crippen LogP contribution in [0.1, 0.15) is 44.0 Å². The number of anilines is 1. The van der Waals surface area contributed by atoms with Crippen molar-refractivity contribution in [2.24, 2.45) is 11.8 Å².